The maximum absolute atomic E-state index is 13.0. The van der Waals surface area contributed by atoms with Crippen molar-refractivity contribution in [3.8, 4) is 11.5 Å². The average Bonchev–Trinajstić information content (AvgIpc) is 3.28. The molecule has 0 spiro atoms. The summed E-state index contributed by atoms with van der Waals surface area (Å²) in [6.07, 6.45) is 0. The Hall–Kier alpha value is -3.77. The van der Waals surface area contributed by atoms with Gasteiger partial charge in [0.1, 0.15) is 0 Å². The molecular weight excluding hydrogens is 428 g/mol. The Labute approximate surface area is 189 Å². The van der Waals surface area contributed by atoms with Crippen LogP contribution < -0.4 is 20.3 Å². The van der Waals surface area contributed by atoms with Crippen molar-refractivity contribution >= 4 is 28.4 Å². The molecule has 6 nitrogen and oxygen atoms in total. The highest BCUT2D eigenvalue weighted by Gasteiger charge is 2.16. The topological polar surface area (TPSA) is 69.6 Å². The smallest absolute Gasteiger partial charge is 0.252 e. The molecule has 4 aromatic rings. The van der Waals surface area contributed by atoms with Gasteiger partial charge in [0.2, 0.25) is 6.79 Å². The Morgan fingerprint density at radius 2 is 1.69 bits per heavy atom. The standard InChI is InChI=1S/C25H19ClN2O4/c26-18-8-5-16(6-9-18)14-28-21-4-2-1-3-19(21)20(12-24(28)29)25(30)27-13-17-7-10-22-23(11-17)32-15-31-22/h1-12H,13-15H2,(H,27,30). The number of nitrogens with zero attached hydrogens (tertiary/aromatic N) is 1. The van der Waals surface area contributed by atoms with Crippen LogP contribution >= 0.6 is 11.6 Å². The van der Waals surface area contributed by atoms with E-state index in [4.69, 9.17) is 21.1 Å². The summed E-state index contributed by atoms with van der Waals surface area (Å²) >= 11 is 5.97. The van der Waals surface area contributed by atoms with Crippen molar-refractivity contribution in [2.75, 3.05) is 6.79 Å². The maximum Gasteiger partial charge on any atom is 0.252 e. The zero-order chi connectivity index (χ0) is 22.1. The first-order chi connectivity index (χ1) is 15.6. The van der Waals surface area contributed by atoms with Gasteiger partial charge in [-0.2, -0.15) is 0 Å². The Morgan fingerprint density at radius 3 is 2.53 bits per heavy atom. The van der Waals surface area contributed by atoms with Crippen molar-refractivity contribution in [3.05, 3.63) is 105 Å². The zero-order valence-electron chi connectivity index (χ0n) is 17.0. The summed E-state index contributed by atoms with van der Waals surface area (Å²) in [5.74, 6) is 1.04. The van der Waals surface area contributed by atoms with Crippen LogP contribution in [0.3, 0.4) is 0 Å². The lowest BCUT2D eigenvalue weighted by molar-refractivity contribution is 0.0952. The van der Waals surface area contributed by atoms with E-state index in [0.29, 0.717) is 46.1 Å². The molecule has 2 heterocycles. The number of carbonyl (C=O) groups excluding carboxylic acids is 1. The number of fused-ring (bicyclic) bond motifs is 2. The number of para-hydroxylation sites is 1. The van der Waals surface area contributed by atoms with Gasteiger partial charge in [0, 0.05) is 23.0 Å². The van der Waals surface area contributed by atoms with Crippen molar-refractivity contribution in [1.82, 2.24) is 9.88 Å². The molecule has 0 aliphatic carbocycles. The van der Waals surface area contributed by atoms with E-state index in [1.54, 1.807) is 16.7 Å². The summed E-state index contributed by atoms with van der Waals surface area (Å²) < 4.78 is 12.4. The number of rotatable bonds is 5. The summed E-state index contributed by atoms with van der Waals surface area (Å²) in [6.45, 7) is 0.886. The molecule has 160 valence electrons. The Kier molecular flexibility index (Phi) is 5.29. The molecule has 3 aromatic carbocycles. The normalized spacial score (nSPS) is 12.2. The molecule has 32 heavy (non-hydrogen) atoms. The average molecular weight is 447 g/mol. The van der Waals surface area contributed by atoms with Crippen LogP contribution in [0.4, 0.5) is 0 Å². The third kappa shape index (κ3) is 3.92. The van der Waals surface area contributed by atoms with Crippen molar-refractivity contribution in [1.29, 1.82) is 0 Å². The molecule has 1 aliphatic heterocycles. The lowest BCUT2D eigenvalue weighted by Crippen LogP contribution is -2.27. The molecule has 1 aromatic heterocycles. The molecule has 0 unspecified atom stereocenters. The van der Waals surface area contributed by atoms with Gasteiger partial charge >= 0.3 is 0 Å². The van der Waals surface area contributed by atoms with Crippen molar-refractivity contribution in [3.63, 3.8) is 0 Å². The number of carbonyl (C=O) groups is 1. The lowest BCUT2D eigenvalue weighted by Gasteiger charge is -2.14. The van der Waals surface area contributed by atoms with Gasteiger partial charge < -0.3 is 19.4 Å². The number of nitrogens with one attached hydrogen (secondary N) is 1. The highest BCUT2D eigenvalue weighted by molar-refractivity contribution is 6.30. The molecular formula is C25H19ClN2O4. The van der Waals surface area contributed by atoms with Crippen molar-refractivity contribution in [2.24, 2.45) is 0 Å². The third-order valence-corrected chi connectivity index (χ3v) is 5.66. The predicted octanol–water partition coefficient (Wildman–Crippen LogP) is 4.36. The second kappa shape index (κ2) is 8.40. The van der Waals surface area contributed by atoms with E-state index in [-0.39, 0.29) is 18.3 Å². The highest BCUT2D eigenvalue weighted by Crippen LogP contribution is 2.32. The first kappa shape index (κ1) is 20.2. The summed E-state index contributed by atoms with van der Waals surface area (Å²) in [4.78, 5) is 26.0. The van der Waals surface area contributed by atoms with Gasteiger partial charge in [-0.1, -0.05) is 48.0 Å². The van der Waals surface area contributed by atoms with Crippen LogP contribution in [-0.2, 0) is 13.1 Å². The Morgan fingerprint density at radius 1 is 0.938 bits per heavy atom. The van der Waals surface area contributed by atoms with Crippen LogP contribution in [0.2, 0.25) is 5.02 Å². The molecule has 1 N–H and O–H groups in total. The van der Waals surface area contributed by atoms with E-state index >= 15 is 0 Å². The minimum atomic E-state index is -0.311. The molecule has 0 atom stereocenters. The van der Waals surface area contributed by atoms with Gasteiger partial charge in [-0.25, -0.2) is 0 Å². The van der Waals surface area contributed by atoms with Crippen molar-refractivity contribution < 1.29 is 14.3 Å². The van der Waals surface area contributed by atoms with Gasteiger partial charge in [0.05, 0.1) is 17.6 Å². The van der Waals surface area contributed by atoms with E-state index in [2.05, 4.69) is 5.32 Å². The SMILES string of the molecule is O=C(NCc1ccc2c(c1)OCO2)c1cc(=O)n(Cc2ccc(Cl)cc2)c2ccccc12. The number of pyridine rings is 1. The molecule has 0 saturated heterocycles. The third-order valence-electron chi connectivity index (χ3n) is 5.41. The Bertz CT molecular complexity index is 1380. The predicted molar refractivity (Wildman–Crippen MR) is 122 cm³/mol. The quantitative estimate of drug-likeness (QED) is 0.494. The molecule has 0 bridgehead atoms. The van der Waals surface area contributed by atoms with Crippen LogP contribution in [0.25, 0.3) is 10.9 Å². The van der Waals surface area contributed by atoms with E-state index in [9.17, 15) is 9.59 Å². The van der Waals surface area contributed by atoms with Gasteiger partial charge in [0.15, 0.2) is 11.5 Å². The van der Waals surface area contributed by atoms with Crippen LogP contribution in [0, 0.1) is 0 Å². The van der Waals surface area contributed by atoms with E-state index in [0.717, 1.165) is 11.1 Å². The van der Waals surface area contributed by atoms with Crippen LogP contribution in [-0.4, -0.2) is 17.3 Å². The fraction of sp³-hybridized carbons (Fsp3) is 0.120. The molecule has 1 amide bonds. The molecule has 0 saturated carbocycles. The first-order valence-corrected chi connectivity index (χ1v) is 10.5. The molecule has 1 aliphatic rings. The number of ether oxygens (including phenoxy) is 2. The summed E-state index contributed by atoms with van der Waals surface area (Å²) in [7, 11) is 0. The summed E-state index contributed by atoms with van der Waals surface area (Å²) in [5, 5.41) is 4.25. The molecule has 0 fully saturated rings. The fourth-order valence-corrected chi connectivity index (χ4v) is 3.91. The van der Waals surface area contributed by atoms with E-state index < -0.39 is 0 Å². The molecule has 5 rings (SSSR count). The zero-order valence-corrected chi connectivity index (χ0v) is 17.8. The lowest BCUT2D eigenvalue weighted by atomic mass is 10.1. The van der Waals surface area contributed by atoms with Gasteiger partial charge in [0.25, 0.3) is 11.5 Å². The second-order valence-corrected chi connectivity index (χ2v) is 7.93. The van der Waals surface area contributed by atoms with Gasteiger partial charge in [-0.3, -0.25) is 9.59 Å². The summed E-state index contributed by atoms with van der Waals surface area (Å²) in [5.41, 5.74) is 2.62. The molecule has 0 radical (unpaired) electrons. The Balaban J connectivity index is 1.43. The van der Waals surface area contributed by atoms with Crippen molar-refractivity contribution in [2.45, 2.75) is 13.1 Å². The monoisotopic (exact) mass is 446 g/mol. The number of aromatic nitrogens is 1. The van der Waals surface area contributed by atoms with Crippen LogP contribution in [0.1, 0.15) is 21.5 Å². The van der Waals surface area contributed by atoms with Crippen LogP contribution in [0.5, 0.6) is 11.5 Å². The minimum absolute atomic E-state index is 0.198. The number of amides is 1. The number of hydrogen-bond donors (Lipinski definition) is 1. The number of benzene rings is 3. The van der Waals surface area contributed by atoms with Crippen LogP contribution in [0.15, 0.2) is 77.6 Å². The highest BCUT2D eigenvalue weighted by atomic mass is 35.5. The molecule has 7 heteroatoms. The largest absolute Gasteiger partial charge is 0.454 e. The van der Waals surface area contributed by atoms with Gasteiger partial charge in [-0.15, -0.1) is 0 Å². The van der Waals surface area contributed by atoms with E-state index in [1.165, 1.54) is 6.07 Å². The van der Waals surface area contributed by atoms with E-state index in [1.807, 2.05) is 54.6 Å². The second-order valence-electron chi connectivity index (χ2n) is 7.50. The number of hydrogen-bond acceptors (Lipinski definition) is 4. The summed E-state index contributed by atoms with van der Waals surface area (Å²) in [6, 6.07) is 21.7. The number of halogens is 1. The minimum Gasteiger partial charge on any atom is -0.454 e. The van der Waals surface area contributed by atoms with Gasteiger partial charge in [-0.05, 0) is 41.5 Å². The maximum atomic E-state index is 13.0. The fourth-order valence-electron chi connectivity index (χ4n) is 3.79. The first-order valence-electron chi connectivity index (χ1n) is 10.1.